The summed E-state index contributed by atoms with van der Waals surface area (Å²) in [6.45, 7) is 6.07. The molecule has 0 N–H and O–H groups in total. The van der Waals surface area contributed by atoms with Crippen LogP contribution in [0.1, 0.15) is 40.2 Å². The van der Waals surface area contributed by atoms with E-state index in [1.807, 2.05) is 25.1 Å². The molecule has 0 aliphatic carbocycles. The second kappa shape index (κ2) is 5.92. The van der Waals surface area contributed by atoms with E-state index in [0.717, 1.165) is 11.3 Å². The highest BCUT2D eigenvalue weighted by Crippen LogP contribution is 2.28. The Balaban J connectivity index is 1.86. The van der Waals surface area contributed by atoms with Crippen molar-refractivity contribution in [3.8, 4) is 0 Å². The summed E-state index contributed by atoms with van der Waals surface area (Å²) in [7, 11) is 1.90. The minimum absolute atomic E-state index is 0.0604. The lowest BCUT2D eigenvalue weighted by molar-refractivity contribution is 0.0650. The zero-order valence-corrected chi connectivity index (χ0v) is 13.1. The van der Waals surface area contributed by atoms with Gasteiger partial charge in [0.05, 0.1) is 18.5 Å². The van der Waals surface area contributed by atoms with E-state index in [-0.39, 0.29) is 11.8 Å². The van der Waals surface area contributed by atoms with Crippen molar-refractivity contribution < 1.29 is 14.1 Å². The van der Waals surface area contributed by atoms with Crippen LogP contribution >= 0.6 is 0 Å². The summed E-state index contributed by atoms with van der Waals surface area (Å²) in [5.41, 5.74) is 2.62. The molecule has 3 rings (SSSR count). The molecule has 0 bridgehead atoms. The molecule has 118 valence electrons. The standard InChI is InChI=1S/C15H20N4O3/c1-4-21-9-12-8-19(7-11-6-18(3)17-14(11)12)15(20)13-5-16-22-10(13)2/h5-6,12H,4,7-9H2,1-3H3/t12-/m0/s1. The zero-order chi connectivity index (χ0) is 15.7. The third-order valence-electron chi connectivity index (χ3n) is 3.92. The van der Waals surface area contributed by atoms with Crippen molar-refractivity contribution in [3.63, 3.8) is 0 Å². The van der Waals surface area contributed by atoms with Gasteiger partial charge in [-0.3, -0.25) is 9.48 Å². The number of rotatable bonds is 4. The Labute approximate surface area is 128 Å². The van der Waals surface area contributed by atoms with Crippen LogP contribution in [-0.4, -0.2) is 45.5 Å². The molecule has 0 fully saturated rings. The van der Waals surface area contributed by atoms with Crippen LogP contribution in [0.2, 0.25) is 0 Å². The first kappa shape index (κ1) is 14.8. The maximum absolute atomic E-state index is 12.7. The van der Waals surface area contributed by atoms with E-state index in [1.54, 1.807) is 11.6 Å². The van der Waals surface area contributed by atoms with Crippen molar-refractivity contribution in [1.29, 1.82) is 0 Å². The molecule has 22 heavy (non-hydrogen) atoms. The summed E-state index contributed by atoms with van der Waals surface area (Å²) < 4.78 is 12.4. The summed E-state index contributed by atoms with van der Waals surface area (Å²) in [6, 6.07) is 0. The third-order valence-corrected chi connectivity index (χ3v) is 3.92. The van der Waals surface area contributed by atoms with Crippen LogP contribution in [0, 0.1) is 6.92 Å². The average Bonchev–Trinajstić information content (AvgIpc) is 3.08. The van der Waals surface area contributed by atoms with Crippen molar-refractivity contribution >= 4 is 5.91 Å². The first-order valence-corrected chi connectivity index (χ1v) is 7.40. The van der Waals surface area contributed by atoms with Crippen LogP contribution in [0.15, 0.2) is 16.9 Å². The monoisotopic (exact) mass is 304 g/mol. The average molecular weight is 304 g/mol. The SMILES string of the molecule is CCOC[C@@H]1CN(C(=O)c2cnoc2C)Cc2cn(C)nc21. The molecule has 7 nitrogen and oxygen atoms in total. The van der Waals surface area contributed by atoms with E-state index >= 15 is 0 Å². The van der Waals surface area contributed by atoms with E-state index in [0.29, 0.717) is 37.6 Å². The Morgan fingerprint density at radius 1 is 1.55 bits per heavy atom. The molecule has 1 amide bonds. The smallest absolute Gasteiger partial charge is 0.259 e. The van der Waals surface area contributed by atoms with Crippen molar-refractivity contribution in [2.75, 3.05) is 19.8 Å². The summed E-state index contributed by atoms with van der Waals surface area (Å²) >= 11 is 0. The van der Waals surface area contributed by atoms with Crippen molar-refractivity contribution in [2.45, 2.75) is 26.3 Å². The molecule has 0 aromatic carbocycles. The van der Waals surface area contributed by atoms with Crippen LogP contribution in [0.25, 0.3) is 0 Å². The van der Waals surface area contributed by atoms with Gasteiger partial charge in [0.15, 0.2) is 0 Å². The minimum atomic E-state index is -0.0604. The summed E-state index contributed by atoms with van der Waals surface area (Å²) in [5, 5.41) is 8.22. The van der Waals surface area contributed by atoms with Gasteiger partial charge in [0.1, 0.15) is 11.3 Å². The Morgan fingerprint density at radius 2 is 2.36 bits per heavy atom. The van der Waals surface area contributed by atoms with Crippen LogP contribution in [-0.2, 0) is 18.3 Å². The van der Waals surface area contributed by atoms with Gasteiger partial charge in [-0.1, -0.05) is 5.16 Å². The molecule has 0 radical (unpaired) electrons. The normalized spacial score (nSPS) is 17.6. The molecule has 0 saturated heterocycles. The molecule has 3 heterocycles. The zero-order valence-electron chi connectivity index (χ0n) is 13.1. The molecular weight excluding hydrogens is 284 g/mol. The van der Waals surface area contributed by atoms with Crippen molar-refractivity contribution in [1.82, 2.24) is 19.8 Å². The van der Waals surface area contributed by atoms with E-state index in [9.17, 15) is 4.79 Å². The van der Waals surface area contributed by atoms with E-state index in [2.05, 4.69) is 10.3 Å². The first-order valence-electron chi connectivity index (χ1n) is 7.40. The van der Waals surface area contributed by atoms with Crippen LogP contribution in [0.4, 0.5) is 0 Å². The number of fused-ring (bicyclic) bond motifs is 1. The molecule has 0 spiro atoms. The Morgan fingerprint density at radius 3 is 3.05 bits per heavy atom. The number of ether oxygens (including phenoxy) is 1. The van der Waals surface area contributed by atoms with Crippen molar-refractivity contribution in [2.24, 2.45) is 7.05 Å². The van der Waals surface area contributed by atoms with Gasteiger partial charge in [0.25, 0.3) is 5.91 Å². The van der Waals surface area contributed by atoms with Gasteiger partial charge in [-0.15, -0.1) is 0 Å². The highest BCUT2D eigenvalue weighted by atomic mass is 16.5. The molecule has 2 aromatic rings. The van der Waals surface area contributed by atoms with E-state index in [4.69, 9.17) is 9.26 Å². The van der Waals surface area contributed by atoms with Gasteiger partial charge in [0.2, 0.25) is 0 Å². The number of hydrogen-bond donors (Lipinski definition) is 0. The lowest BCUT2D eigenvalue weighted by Gasteiger charge is -2.31. The summed E-state index contributed by atoms with van der Waals surface area (Å²) in [4.78, 5) is 14.5. The fraction of sp³-hybridized carbons (Fsp3) is 0.533. The maximum atomic E-state index is 12.7. The number of carbonyl (C=O) groups excluding carboxylic acids is 1. The van der Waals surface area contributed by atoms with Gasteiger partial charge >= 0.3 is 0 Å². The topological polar surface area (TPSA) is 73.4 Å². The van der Waals surface area contributed by atoms with Gasteiger partial charge in [0, 0.05) is 44.4 Å². The molecule has 2 aromatic heterocycles. The second-order valence-corrected chi connectivity index (χ2v) is 5.55. The number of carbonyl (C=O) groups is 1. The predicted octanol–water partition coefficient (Wildman–Crippen LogP) is 1.49. The van der Waals surface area contributed by atoms with Crippen LogP contribution in [0.3, 0.4) is 0 Å². The maximum Gasteiger partial charge on any atom is 0.259 e. The number of aryl methyl sites for hydroxylation is 2. The van der Waals surface area contributed by atoms with Gasteiger partial charge in [-0.05, 0) is 13.8 Å². The fourth-order valence-corrected chi connectivity index (χ4v) is 2.86. The molecular formula is C15H20N4O3. The highest BCUT2D eigenvalue weighted by molar-refractivity contribution is 5.94. The molecule has 1 aliphatic rings. The van der Waals surface area contributed by atoms with E-state index in [1.165, 1.54) is 6.20 Å². The van der Waals surface area contributed by atoms with Gasteiger partial charge in [-0.2, -0.15) is 5.10 Å². The first-order chi connectivity index (χ1) is 10.6. The van der Waals surface area contributed by atoms with Crippen LogP contribution in [0.5, 0.6) is 0 Å². The fourth-order valence-electron chi connectivity index (χ4n) is 2.86. The third kappa shape index (κ3) is 2.64. The number of amides is 1. The lowest BCUT2D eigenvalue weighted by Crippen LogP contribution is -2.39. The number of hydrogen-bond acceptors (Lipinski definition) is 5. The number of nitrogens with zero attached hydrogens (tertiary/aromatic N) is 4. The lowest BCUT2D eigenvalue weighted by atomic mass is 9.96. The molecule has 0 saturated carbocycles. The van der Waals surface area contributed by atoms with Gasteiger partial charge < -0.3 is 14.2 Å². The highest BCUT2D eigenvalue weighted by Gasteiger charge is 2.32. The van der Waals surface area contributed by atoms with Crippen LogP contribution < -0.4 is 0 Å². The summed E-state index contributed by atoms with van der Waals surface area (Å²) in [5.74, 6) is 0.576. The van der Waals surface area contributed by atoms with E-state index < -0.39 is 0 Å². The Hall–Kier alpha value is -2.15. The quantitative estimate of drug-likeness (QED) is 0.855. The Bertz CT molecular complexity index is 676. The largest absolute Gasteiger partial charge is 0.381 e. The van der Waals surface area contributed by atoms with Gasteiger partial charge in [-0.25, -0.2) is 0 Å². The predicted molar refractivity (Wildman–Crippen MR) is 78.4 cm³/mol. The van der Waals surface area contributed by atoms with Crippen molar-refractivity contribution in [3.05, 3.63) is 35.0 Å². The molecule has 0 unspecified atom stereocenters. The molecule has 7 heteroatoms. The second-order valence-electron chi connectivity index (χ2n) is 5.55. The minimum Gasteiger partial charge on any atom is -0.381 e. The Kier molecular flexibility index (Phi) is 3.98. The molecule has 1 atom stereocenters. The number of aromatic nitrogens is 3. The summed E-state index contributed by atoms with van der Waals surface area (Å²) in [6.07, 6.45) is 3.45. The molecule has 1 aliphatic heterocycles.